The van der Waals surface area contributed by atoms with Crippen LogP contribution in [0, 0.1) is 28.6 Å². The normalized spacial score (nSPS) is 48.4. The van der Waals surface area contributed by atoms with Crippen molar-refractivity contribution >= 4 is 33.5 Å². The Morgan fingerprint density at radius 2 is 1.97 bits per heavy atom. The van der Waals surface area contributed by atoms with Crippen molar-refractivity contribution in [2.75, 3.05) is 6.61 Å². The van der Waals surface area contributed by atoms with Crippen LogP contribution in [0.15, 0.2) is 23.8 Å². The molecule has 6 nitrogen and oxygen atoms in total. The number of ketones is 2. The highest BCUT2D eigenvalue weighted by Gasteiger charge is 2.74. The minimum absolute atomic E-state index is 0.000692. The second-order valence-corrected chi connectivity index (χ2v) is 11.7. The van der Waals surface area contributed by atoms with Gasteiger partial charge in [-0.2, -0.15) is 0 Å². The van der Waals surface area contributed by atoms with Gasteiger partial charge in [0.25, 0.3) is 0 Å². The van der Waals surface area contributed by atoms with Gasteiger partial charge in [0, 0.05) is 17.8 Å². The maximum atomic E-state index is 13.1. The average molecular weight is 495 g/mol. The van der Waals surface area contributed by atoms with Gasteiger partial charge < -0.3 is 14.9 Å². The Labute approximate surface area is 191 Å². The number of ether oxygens (including phenoxy) is 1. The van der Waals surface area contributed by atoms with Gasteiger partial charge in [-0.05, 0) is 55.6 Å². The van der Waals surface area contributed by atoms with E-state index in [2.05, 4.69) is 22.9 Å². The van der Waals surface area contributed by atoms with Crippen molar-refractivity contribution in [1.82, 2.24) is 0 Å². The number of hydrogen-bond acceptors (Lipinski definition) is 6. The number of aliphatic hydroxyl groups is 2. The maximum Gasteiger partial charge on any atom is 0.303 e. The van der Waals surface area contributed by atoms with Crippen LogP contribution in [0.4, 0.5) is 0 Å². The second kappa shape index (κ2) is 7.09. The minimum atomic E-state index is -1.68. The molecular formula is C24H31BrO6. The molecule has 0 aromatic carbocycles. The summed E-state index contributed by atoms with van der Waals surface area (Å²) in [6.07, 6.45) is 6.70. The minimum Gasteiger partial charge on any atom is -0.458 e. The molecule has 3 fully saturated rings. The van der Waals surface area contributed by atoms with Crippen molar-refractivity contribution < 1.29 is 29.3 Å². The molecule has 4 rings (SSSR count). The predicted molar refractivity (Wildman–Crippen MR) is 117 cm³/mol. The number of rotatable bonds is 3. The Balaban J connectivity index is 1.76. The van der Waals surface area contributed by atoms with Crippen LogP contribution in [0.1, 0.15) is 53.4 Å². The zero-order chi connectivity index (χ0) is 23.0. The van der Waals surface area contributed by atoms with Crippen molar-refractivity contribution in [3.05, 3.63) is 23.8 Å². The lowest BCUT2D eigenvalue weighted by atomic mass is 9.46. The van der Waals surface area contributed by atoms with E-state index in [0.29, 0.717) is 6.42 Å². The van der Waals surface area contributed by atoms with Gasteiger partial charge in [-0.3, -0.25) is 14.4 Å². The molecule has 7 heteroatoms. The number of alkyl halides is 1. The van der Waals surface area contributed by atoms with Crippen LogP contribution in [-0.4, -0.2) is 50.4 Å². The van der Waals surface area contributed by atoms with E-state index >= 15 is 0 Å². The van der Waals surface area contributed by atoms with Crippen molar-refractivity contribution in [2.45, 2.75) is 69.4 Å². The summed E-state index contributed by atoms with van der Waals surface area (Å²) in [7, 11) is 0. The first-order chi connectivity index (χ1) is 14.3. The topological polar surface area (TPSA) is 101 Å². The van der Waals surface area contributed by atoms with Gasteiger partial charge in [0.1, 0.15) is 5.60 Å². The summed E-state index contributed by atoms with van der Waals surface area (Å²) < 4.78 is 4.24. The molecule has 0 heterocycles. The third kappa shape index (κ3) is 2.78. The van der Waals surface area contributed by atoms with Crippen molar-refractivity contribution in [3.8, 4) is 0 Å². The van der Waals surface area contributed by atoms with E-state index in [4.69, 9.17) is 4.74 Å². The zero-order valence-corrected chi connectivity index (χ0v) is 20.1. The van der Waals surface area contributed by atoms with E-state index < -0.39 is 45.2 Å². The Hall–Kier alpha value is -1.31. The predicted octanol–water partition coefficient (Wildman–Crippen LogP) is 2.89. The Kier molecular flexibility index (Phi) is 5.23. The standard InChI is InChI=1S/C24H31BrO6/c1-13-9-18-17-6-5-15-10-16(27)7-8-21(15,3)23(17,25)19(28)11-22(18,4)24(13,30)20(29)12-31-14(2)26/h7-8,10,13,17-19,28,30H,5-6,9,11-12H2,1-4H3. The van der Waals surface area contributed by atoms with Gasteiger partial charge in [-0.15, -0.1) is 0 Å². The Morgan fingerprint density at radius 3 is 2.61 bits per heavy atom. The summed E-state index contributed by atoms with van der Waals surface area (Å²) in [5, 5.41) is 23.3. The number of Topliss-reactive ketones (excluding diaryl/α,β-unsaturated/α-hetero) is 1. The number of allylic oxidation sites excluding steroid dienone is 4. The van der Waals surface area contributed by atoms with Gasteiger partial charge in [0.15, 0.2) is 12.4 Å². The quantitative estimate of drug-likeness (QED) is 0.462. The number of aliphatic hydroxyl groups excluding tert-OH is 1. The van der Waals surface area contributed by atoms with Crippen LogP contribution in [0.3, 0.4) is 0 Å². The Bertz CT molecular complexity index is 910. The Morgan fingerprint density at radius 1 is 1.29 bits per heavy atom. The largest absolute Gasteiger partial charge is 0.458 e. The van der Waals surface area contributed by atoms with Crippen molar-refractivity contribution in [3.63, 3.8) is 0 Å². The molecule has 2 N–H and O–H groups in total. The van der Waals surface area contributed by atoms with Crippen LogP contribution < -0.4 is 0 Å². The van der Waals surface area contributed by atoms with E-state index in [1.54, 1.807) is 12.2 Å². The van der Waals surface area contributed by atoms with E-state index in [9.17, 15) is 24.6 Å². The molecule has 4 aliphatic carbocycles. The highest BCUT2D eigenvalue weighted by molar-refractivity contribution is 9.10. The molecule has 0 aromatic rings. The van der Waals surface area contributed by atoms with Gasteiger partial charge >= 0.3 is 5.97 Å². The monoisotopic (exact) mass is 494 g/mol. The molecule has 0 aliphatic heterocycles. The first-order valence-electron chi connectivity index (χ1n) is 11.0. The van der Waals surface area contributed by atoms with E-state index in [0.717, 1.165) is 18.4 Å². The van der Waals surface area contributed by atoms with Gasteiger partial charge in [0.05, 0.1) is 10.4 Å². The number of carbonyl (C=O) groups excluding carboxylic acids is 3. The fourth-order valence-electron chi connectivity index (χ4n) is 7.42. The lowest BCUT2D eigenvalue weighted by molar-refractivity contribution is -0.181. The molecule has 0 bridgehead atoms. The SMILES string of the molecule is CC(=O)OCC(=O)C1(O)C(C)CC2C3CCC4=CC(=O)C=CC4(C)C3(Br)C(O)CC21C. The molecule has 8 unspecified atom stereocenters. The molecular weight excluding hydrogens is 464 g/mol. The van der Waals surface area contributed by atoms with Gasteiger partial charge in [-0.1, -0.05) is 48.4 Å². The summed E-state index contributed by atoms with van der Waals surface area (Å²) in [6.45, 7) is 6.60. The van der Waals surface area contributed by atoms with Gasteiger partial charge in [-0.25, -0.2) is 0 Å². The molecule has 0 amide bonds. The number of fused-ring (bicyclic) bond motifs is 5. The lowest BCUT2D eigenvalue weighted by Crippen LogP contribution is -2.68. The third-order valence-corrected chi connectivity index (χ3v) is 11.0. The summed E-state index contributed by atoms with van der Waals surface area (Å²) in [6, 6.07) is 0. The molecule has 170 valence electrons. The number of esters is 1. The fourth-order valence-corrected chi connectivity index (χ4v) is 8.51. The van der Waals surface area contributed by atoms with Crippen LogP contribution in [0.2, 0.25) is 0 Å². The summed E-state index contributed by atoms with van der Waals surface area (Å²) >= 11 is 3.97. The van der Waals surface area contributed by atoms with E-state index in [1.165, 1.54) is 6.92 Å². The highest BCUT2D eigenvalue weighted by Crippen LogP contribution is 2.71. The first kappa shape index (κ1) is 22.9. The summed E-state index contributed by atoms with van der Waals surface area (Å²) in [5.74, 6) is -1.44. The van der Waals surface area contributed by atoms with Crippen LogP contribution in [0.25, 0.3) is 0 Å². The van der Waals surface area contributed by atoms with E-state index in [-0.39, 0.29) is 30.0 Å². The fraction of sp³-hybridized carbons (Fsp3) is 0.708. The van der Waals surface area contributed by atoms with Crippen LogP contribution in [0.5, 0.6) is 0 Å². The number of carbonyl (C=O) groups is 3. The molecule has 31 heavy (non-hydrogen) atoms. The molecule has 0 radical (unpaired) electrons. The third-order valence-electron chi connectivity index (χ3n) is 9.05. The number of halogens is 1. The van der Waals surface area contributed by atoms with Gasteiger partial charge in [0.2, 0.25) is 5.78 Å². The second-order valence-electron chi connectivity index (χ2n) is 10.4. The molecule has 3 saturated carbocycles. The highest BCUT2D eigenvalue weighted by atomic mass is 79.9. The number of hydrogen-bond donors (Lipinski definition) is 2. The molecule has 0 aromatic heterocycles. The first-order valence-corrected chi connectivity index (χ1v) is 11.8. The summed E-state index contributed by atoms with van der Waals surface area (Å²) in [5.41, 5.74) is -2.05. The maximum absolute atomic E-state index is 13.1. The molecule has 8 atom stereocenters. The smallest absolute Gasteiger partial charge is 0.303 e. The molecule has 0 spiro atoms. The summed E-state index contributed by atoms with van der Waals surface area (Å²) in [4.78, 5) is 36.4. The average Bonchev–Trinajstić information content (AvgIpc) is 2.89. The van der Waals surface area contributed by atoms with E-state index in [1.807, 2.05) is 19.9 Å². The molecule has 4 aliphatic rings. The molecule has 0 saturated heterocycles. The lowest BCUT2D eigenvalue weighted by Gasteiger charge is -2.64. The van der Waals surface area contributed by atoms with Crippen molar-refractivity contribution in [1.29, 1.82) is 0 Å². The zero-order valence-electron chi connectivity index (χ0n) is 18.5. The van der Waals surface area contributed by atoms with Crippen LogP contribution in [-0.2, 0) is 19.1 Å². The van der Waals surface area contributed by atoms with Crippen molar-refractivity contribution in [2.24, 2.45) is 28.6 Å². The van der Waals surface area contributed by atoms with Crippen LogP contribution >= 0.6 is 15.9 Å².